The van der Waals surface area contributed by atoms with Gasteiger partial charge in [-0.05, 0) is 45.9 Å². The lowest BCUT2D eigenvalue weighted by Crippen LogP contribution is -2.22. The molecule has 0 aliphatic rings. The Hall–Kier alpha value is -0.740. The molecule has 0 aliphatic heterocycles. The Morgan fingerprint density at radius 1 is 1.44 bits per heavy atom. The van der Waals surface area contributed by atoms with Gasteiger partial charge in [0.15, 0.2) is 11.5 Å². The number of aromatic hydroxyl groups is 1. The molecule has 1 aromatic rings. The van der Waals surface area contributed by atoms with E-state index in [9.17, 15) is 5.11 Å². The molecule has 0 radical (unpaired) electrons. The van der Waals surface area contributed by atoms with Gasteiger partial charge in [0.25, 0.3) is 0 Å². The fraction of sp³-hybridized carbons (Fsp3) is 0.500. The quantitative estimate of drug-likeness (QED) is 0.895. The maximum absolute atomic E-state index is 9.91. The van der Waals surface area contributed by atoms with Crippen LogP contribution in [0.2, 0.25) is 0 Å². The normalized spacial score (nSPS) is 11.6. The van der Waals surface area contributed by atoms with Crippen LogP contribution in [0.25, 0.3) is 0 Å². The number of hydrogen-bond donors (Lipinski definition) is 2. The summed E-state index contributed by atoms with van der Waals surface area (Å²) in [6, 6.07) is 3.73. The summed E-state index contributed by atoms with van der Waals surface area (Å²) in [7, 11) is 1.53. The largest absolute Gasteiger partial charge is 0.503 e. The molecule has 0 heterocycles. The molecule has 0 atom stereocenters. The summed E-state index contributed by atoms with van der Waals surface area (Å²) < 4.78 is 5.73. The van der Waals surface area contributed by atoms with Crippen LogP contribution in [0, 0.1) is 0 Å². The monoisotopic (exact) mass is 287 g/mol. The number of benzene rings is 1. The molecule has 0 saturated heterocycles. The highest BCUT2D eigenvalue weighted by Crippen LogP contribution is 2.42. The number of methoxy groups -OCH3 is 1. The van der Waals surface area contributed by atoms with Gasteiger partial charge in [-0.1, -0.05) is 19.9 Å². The Bertz CT molecular complexity index is 378. The third-order valence-corrected chi connectivity index (χ3v) is 3.60. The van der Waals surface area contributed by atoms with Crippen molar-refractivity contribution < 1.29 is 9.84 Å². The summed E-state index contributed by atoms with van der Waals surface area (Å²) in [6.07, 6.45) is 0.859. The molecule has 4 heteroatoms. The van der Waals surface area contributed by atoms with E-state index in [1.165, 1.54) is 7.11 Å². The van der Waals surface area contributed by atoms with Crippen molar-refractivity contribution in [2.45, 2.75) is 25.7 Å². The molecule has 0 aromatic heterocycles. The molecule has 3 nitrogen and oxygen atoms in total. The summed E-state index contributed by atoms with van der Waals surface area (Å²) in [6.45, 7) is 4.82. The average Bonchev–Trinajstić information content (AvgIpc) is 2.21. The van der Waals surface area contributed by atoms with Gasteiger partial charge in [0.05, 0.1) is 11.6 Å². The highest BCUT2D eigenvalue weighted by Gasteiger charge is 2.24. The number of rotatable bonds is 4. The van der Waals surface area contributed by atoms with Crippen molar-refractivity contribution in [3.05, 3.63) is 22.2 Å². The fourth-order valence-electron chi connectivity index (χ4n) is 1.73. The minimum Gasteiger partial charge on any atom is -0.503 e. The smallest absolute Gasteiger partial charge is 0.172 e. The number of nitrogens with two attached hydrogens (primary N) is 1. The highest BCUT2D eigenvalue weighted by atomic mass is 79.9. The third kappa shape index (κ3) is 2.50. The molecule has 16 heavy (non-hydrogen) atoms. The Morgan fingerprint density at radius 3 is 2.56 bits per heavy atom. The number of hydrogen-bond acceptors (Lipinski definition) is 3. The van der Waals surface area contributed by atoms with E-state index in [1.807, 2.05) is 6.07 Å². The summed E-state index contributed by atoms with van der Waals surface area (Å²) in [5.74, 6) is 0.615. The highest BCUT2D eigenvalue weighted by molar-refractivity contribution is 9.10. The summed E-state index contributed by atoms with van der Waals surface area (Å²) in [5, 5.41) is 9.91. The van der Waals surface area contributed by atoms with Crippen molar-refractivity contribution in [2.24, 2.45) is 5.73 Å². The van der Waals surface area contributed by atoms with Crippen molar-refractivity contribution >= 4 is 15.9 Å². The average molecular weight is 288 g/mol. The van der Waals surface area contributed by atoms with E-state index in [0.717, 1.165) is 12.0 Å². The zero-order valence-electron chi connectivity index (χ0n) is 9.88. The molecule has 0 unspecified atom stereocenters. The van der Waals surface area contributed by atoms with E-state index in [2.05, 4.69) is 29.8 Å². The van der Waals surface area contributed by atoms with Gasteiger partial charge >= 0.3 is 0 Å². The van der Waals surface area contributed by atoms with E-state index in [4.69, 9.17) is 10.5 Å². The first-order valence-corrected chi connectivity index (χ1v) is 5.99. The van der Waals surface area contributed by atoms with Crippen LogP contribution in [0.4, 0.5) is 0 Å². The lowest BCUT2D eigenvalue weighted by molar-refractivity contribution is 0.369. The van der Waals surface area contributed by atoms with E-state index in [-0.39, 0.29) is 11.2 Å². The number of ether oxygens (including phenoxy) is 1. The fourth-order valence-corrected chi connectivity index (χ4v) is 2.59. The van der Waals surface area contributed by atoms with Crippen molar-refractivity contribution in [1.29, 1.82) is 0 Å². The maximum Gasteiger partial charge on any atom is 0.172 e. The summed E-state index contributed by atoms with van der Waals surface area (Å²) in [5.41, 5.74) is 6.56. The lowest BCUT2D eigenvalue weighted by atomic mass is 9.81. The third-order valence-electron chi connectivity index (χ3n) is 2.80. The van der Waals surface area contributed by atoms with Crippen LogP contribution in [0.15, 0.2) is 16.6 Å². The van der Waals surface area contributed by atoms with Crippen molar-refractivity contribution in [3.63, 3.8) is 0 Å². The number of halogens is 1. The van der Waals surface area contributed by atoms with Gasteiger partial charge in [0, 0.05) is 0 Å². The summed E-state index contributed by atoms with van der Waals surface area (Å²) >= 11 is 3.41. The zero-order valence-corrected chi connectivity index (χ0v) is 11.5. The Morgan fingerprint density at radius 2 is 2.06 bits per heavy atom. The zero-order chi connectivity index (χ0) is 12.3. The molecule has 0 fully saturated rings. The number of phenolic OH excluding ortho intramolecular Hbond substituents is 1. The molecule has 90 valence electrons. The van der Waals surface area contributed by atoms with Crippen LogP contribution in [0.3, 0.4) is 0 Å². The molecule has 0 spiro atoms. The first kappa shape index (κ1) is 13.3. The first-order chi connectivity index (χ1) is 7.44. The van der Waals surface area contributed by atoms with Crippen molar-refractivity contribution in [2.75, 3.05) is 13.7 Å². The van der Waals surface area contributed by atoms with Crippen LogP contribution in [-0.2, 0) is 5.41 Å². The van der Waals surface area contributed by atoms with Crippen LogP contribution in [-0.4, -0.2) is 18.8 Å². The second-order valence-electron chi connectivity index (χ2n) is 4.40. The first-order valence-electron chi connectivity index (χ1n) is 5.20. The SMILES string of the molecule is COc1ccc(C(C)(C)CCN)c(Br)c1O. The Balaban J connectivity index is 3.21. The van der Waals surface area contributed by atoms with E-state index >= 15 is 0 Å². The van der Waals surface area contributed by atoms with Crippen molar-refractivity contribution in [3.8, 4) is 11.5 Å². The Labute approximate surface area is 105 Å². The predicted molar refractivity (Wildman–Crippen MR) is 69.1 cm³/mol. The molecule has 1 aromatic carbocycles. The van der Waals surface area contributed by atoms with Gasteiger partial charge in [-0.25, -0.2) is 0 Å². The van der Waals surface area contributed by atoms with Crippen LogP contribution in [0.5, 0.6) is 11.5 Å². The molecular formula is C12H18BrNO2. The van der Waals surface area contributed by atoms with Crippen molar-refractivity contribution in [1.82, 2.24) is 0 Å². The topological polar surface area (TPSA) is 55.5 Å². The van der Waals surface area contributed by atoms with Crippen LogP contribution >= 0.6 is 15.9 Å². The number of phenols is 1. The van der Waals surface area contributed by atoms with E-state index in [0.29, 0.717) is 16.8 Å². The van der Waals surface area contributed by atoms with Gasteiger partial charge in [-0.3, -0.25) is 0 Å². The van der Waals surface area contributed by atoms with Crippen LogP contribution < -0.4 is 10.5 Å². The molecule has 0 saturated carbocycles. The second-order valence-corrected chi connectivity index (χ2v) is 5.19. The Kier molecular flexibility index (Phi) is 4.21. The second kappa shape index (κ2) is 5.06. The minimum absolute atomic E-state index is 0.0721. The molecule has 0 amide bonds. The van der Waals surface area contributed by atoms with Gasteiger partial charge in [-0.2, -0.15) is 0 Å². The van der Waals surface area contributed by atoms with E-state index in [1.54, 1.807) is 6.07 Å². The molecule has 0 bridgehead atoms. The van der Waals surface area contributed by atoms with Crippen LogP contribution in [0.1, 0.15) is 25.8 Å². The molecular weight excluding hydrogens is 270 g/mol. The van der Waals surface area contributed by atoms with Gasteiger partial charge < -0.3 is 15.6 Å². The van der Waals surface area contributed by atoms with Gasteiger partial charge in [-0.15, -0.1) is 0 Å². The maximum atomic E-state index is 9.91. The van der Waals surface area contributed by atoms with Gasteiger partial charge in [0.2, 0.25) is 0 Å². The standard InChI is InChI=1S/C12H18BrNO2/c1-12(2,6-7-14)8-4-5-9(16-3)11(15)10(8)13/h4-5,15H,6-7,14H2,1-3H3. The van der Waals surface area contributed by atoms with E-state index < -0.39 is 0 Å². The molecule has 3 N–H and O–H groups in total. The van der Waals surface area contributed by atoms with Gasteiger partial charge in [0.1, 0.15) is 0 Å². The summed E-state index contributed by atoms with van der Waals surface area (Å²) in [4.78, 5) is 0. The minimum atomic E-state index is -0.0721. The predicted octanol–water partition coefficient (Wildman–Crippen LogP) is 2.79. The molecule has 0 aliphatic carbocycles. The molecule has 1 rings (SSSR count). The lowest BCUT2D eigenvalue weighted by Gasteiger charge is -2.26.